The minimum absolute atomic E-state index is 0.159. The molecule has 1 spiro atoms. The largest absolute Gasteiger partial charge is 0.508 e. The monoisotopic (exact) mass is 296 g/mol. The van der Waals surface area contributed by atoms with Crippen LogP contribution in [0, 0.1) is 11.8 Å². The number of allylic oxidation sites excluding steroid dienone is 2. The molecule has 22 heavy (non-hydrogen) atoms. The van der Waals surface area contributed by atoms with Crippen LogP contribution in [0.1, 0.15) is 30.9 Å². The highest BCUT2D eigenvalue weighted by atomic mass is 16.5. The fourth-order valence-electron chi connectivity index (χ4n) is 5.28. The second-order valence-corrected chi connectivity index (χ2v) is 7.14. The lowest BCUT2D eigenvalue weighted by Gasteiger charge is -2.51. The van der Waals surface area contributed by atoms with Crippen molar-refractivity contribution >= 4 is 0 Å². The summed E-state index contributed by atoms with van der Waals surface area (Å²) < 4.78 is 11.8. The van der Waals surface area contributed by atoms with Crippen molar-refractivity contribution in [2.75, 3.05) is 7.11 Å². The van der Waals surface area contributed by atoms with Crippen LogP contribution in [-0.2, 0) is 11.8 Å². The quantitative estimate of drug-likeness (QED) is 0.859. The summed E-state index contributed by atoms with van der Waals surface area (Å²) >= 11 is 0. The number of benzene rings is 1. The van der Waals surface area contributed by atoms with Gasteiger partial charge in [-0.3, -0.25) is 0 Å². The van der Waals surface area contributed by atoms with Crippen molar-refractivity contribution in [2.45, 2.75) is 37.7 Å². The van der Waals surface area contributed by atoms with Gasteiger partial charge in [-0.25, -0.2) is 0 Å². The predicted molar refractivity (Wildman–Crippen MR) is 83.5 cm³/mol. The number of aliphatic hydroxyl groups excluding tert-OH is 1. The van der Waals surface area contributed by atoms with Gasteiger partial charge >= 0.3 is 0 Å². The fourth-order valence-corrected chi connectivity index (χ4v) is 5.28. The zero-order chi connectivity index (χ0) is 15.1. The van der Waals surface area contributed by atoms with Gasteiger partial charge in [-0.2, -0.15) is 0 Å². The molecule has 0 amide bonds. The third-order valence-corrected chi connectivity index (χ3v) is 6.29. The Balaban J connectivity index is 1.86. The fraction of sp³-hybridized carbons (Fsp3) is 0.474. The maximum atomic E-state index is 10.5. The van der Waals surface area contributed by atoms with Crippen LogP contribution in [-0.4, -0.2) is 18.3 Å². The number of aliphatic hydroxyl groups is 1. The lowest BCUT2D eigenvalue weighted by molar-refractivity contribution is 0.0982. The molecule has 2 bridgehead atoms. The zero-order valence-electron chi connectivity index (χ0n) is 12.9. The molecule has 0 radical (unpaired) electrons. The summed E-state index contributed by atoms with van der Waals surface area (Å²) in [6.07, 6.45) is 7.04. The van der Waals surface area contributed by atoms with Crippen LogP contribution in [0.3, 0.4) is 0 Å². The first-order valence-corrected chi connectivity index (χ1v) is 8.15. The molecule has 0 saturated heterocycles. The summed E-state index contributed by atoms with van der Waals surface area (Å²) in [4.78, 5) is 0. The van der Waals surface area contributed by atoms with Crippen molar-refractivity contribution in [3.8, 4) is 11.5 Å². The van der Waals surface area contributed by atoms with Gasteiger partial charge in [-0.05, 0) is 48.8 Å². The summed E-state index contributed by atoms with van der Waals surface area (Å²) in [5.41, 5.74) is 3.97. The van der Waals surface area contributed by atoms with Crippen LogP contribution in [0.25, 0.3) is 0 Å². The molecule has 1 fully saturated rings. The van der Waals surface area contributed by atoms with Crippen LogP contribution < -0.4 is 9.47 Å². The SMILES string of the molecule is COc1ccc2c3c1O[C@H]1C(O)=CC=C4[C@@H](C2)C(C)CC[C@]431. The molecule has 1 aliphatic heterocycles. The van der Waals surface area contributed by atoms with E-state index >= 15 is 0 Å². The third-order valence-electron chi connectivity index (χ3n) is 6.29. The van der Waals surface area contributed by atoms with Gasteiger partial charge in [0, 0.05) is 5.56 Å². The normalized spacial score (nSPS) is 36.9. The molecule has 5 rings (SSSR count). The molecule has 114 valence electrons. The average molecular weight is 296 g/mol. The maximum Gasteiger partial charge on any atom is 0.169 e. The van der Waals surface area contributed by atoms with E-state index in [0.717, 1.165) is 24.3 Å². The molecule has 3 nitrogen and oxygen atoms in total. The van der Waals surface area contributed by atoms with Gasteiger partial charge < -0.3 is 14.6 Å². The summed E-state index contributed by atoms with van der Waals surface area (Å²) in [7, 11) is 1.68. The van der Waals surface area contributed by atoms with E-state index in [-0.39, 0.29) is 11.5 Å². The van der Waals surface area contributed by atoms with Crippen molar-refractivity contribution in [2.24, 2.45) is 11.8 Å². The summed E-state index contributed by atoms with van der Waals surface area (Å²) in [5, 5.41) is 10.5. The van der Waals surface area contributed by atoms with Crippen molar-refractivity contribution < 1.29 is 14.6 Å². The molecular weight excluding hydrogens is 276 g/mol. The smallest absolute Gasteiger partial charge is 0.169 e. The van der Waals surface area contributed by atoms with E-state index in [9.17, 15) is 5.11 Å². The molecule has 4 aliphatic rings. The number of hydrogen-bond donors (Lipinski definition) is 1. The van der Waals surface area contributed by atoms with E-state index in [1.54, 1.807) is 7.11 Å². The molecule has 1 unspecified atom stereocenters. The topological polar surface area (TPSA) is 38.7 Å². The Morgan fingerprint density at radius 2 is 2.18 bits per heavy atom. The van der Waals surface area contributed by atoms with Crippen LogP contribution in [0.4, 0.5) is 0 Å². The van der Waals surface area contributed by atoms with Crippen LogP contribution >= 0.6 is 0 Å². The van der Waals surface area contributed by atoms with E-state index < -0.39 is 0 Å². The Bertz CT molecular complexity index is 745. The number of rotatable bonds is 1. The van der Waals surface area contributed by atoms with Gasteiger partial charge in [0.1, 0.15) is 5.76 Å². The van der Waals surface area contributed by atoms with E-state index in [1.165, 1.54) is 23.1 Å². The van der Waals surface area contributed by atoms with Crippen molar-refractivity contribution in [1.29, 1.82) is 0 Å². The zero-order valence-corrected chi connectivity index (χ0v) is 12.9. The molecule has 3 aliphatic carbocycles. The first-order chi connectivity index (χ1) is 10.7. The Morgan fingerprint density at radius 1 is 1.32 bits per heavy atom. The van der Waals surface area contributed by atoms with Crippen molar-refractivity contribution in [3.63, 3.8) is 0 Å². The Labute approximate surface area is 130 Å². The minimum atomic E-state index is -0.271. The summed E-state index contributed by atoms with van der Waals surface area (Å²) in [6, 6.07) is 4.21. The average Bonchev–Trinajstić information content (AvgIpc) is 2.88. The second-order valence-electron chi connectivity index (χ2n) is 7.14. The highest BCUT2D eigenvalue weighted by molar-refractivity contribution is 5.66. The third kappa shape index (κ3) is 1.21. The molecule has 1 aromatic carbocycles. The number of hydrogen-bond acceptors (Lipinski definition) is 3. The summed E-state index contributed by atoms with van der Waals surface area (Å²) in [6.45, 7) is 2.36. The Hall–Kier alpha value is -1.90. The van der Waals surface area contributed by atoms with Crippen molar-refractivity contribution in [1.82, 2.24) is 0 Å². The Morgan fingerprint density at radius 3 is 3.00 bits per heavy atom. The lowest BCUT2D eigenvalue weighted by atomic mass is 9.51. The van der Waals surface area contributed by atoms with Gasteiger partial charge in [0.25, 0.3) is 0 Å². The molecule has 3 heteroatoms. The highest BCUT2D eigenvalue weighted by Crippen LogP contribution is 2.65. The molecular formula is C19H20O3. The van der Waals surface area contributed by atoms with E-state index in [2.05, 4.69) is 19.1 Å². The predicted octanol–water partition coefficient (Wildman–Crippen LogP) is 3.68. The standard InChI is InChI=1S/C19H20O3/c1-10-7-8-19-13-4-5-14(20)18(19)22-17-15(21-2)6-3-11(16(17)19)9-12(10)13/h3-6,10,12,18,20H,7-9H2,1-2H3/t10?,12-,18-,19-/m0/s1. The van der Waals surface area contributed by atoms with Gasteiger partial charge in [-0.1, -0.05) is 24.6 Å². The van der Waals surface area contributed by atoms with E-state index in [4.69, 9.17) is 9.47 Å². The van der Waals surface area contributed by atoms with Crippen LogP contribution in [0.2, 0.25) is 0 Å². The lowest BCUT2D eigenvalue weighted by Crippen LogP contribution is -2.51. The molecule has 4 atom stereocenters. The molecule has 1 heterocycles. The Kier molecular flexibility index (Phi) is 2.23. The number of ether oxygens (including phenoxy) is 2. The van der Waals surface area contributed by atoms with Crippen molar-refractivity contribution in [3.05, 3.63) is 46.7 Å². The molecule has 1 aromatic rings. The first-order valence-electron chi connectivity index (χ1n) is 8.15. The minimum Gasteiger partial charge on any atom is -0.508 e. The van der Waals surface area contributed by atoms with E-state index in [1.807, 2.05) is 12.1 Å². The van der Waals surface area contributed by atoms with Gasteiger partial charge in [-0.15, -0.1) is 0 Å². The summed E-state index contributed by atoms with van der Waals surface area (Å²) in [5.74, 6) is 3.24. The second kappa shape index (κ2) is 3.89. The number of methoxy groups -OCH3 is 1. The molecule has 1 N–H and O–H groups in total. The van der Waals surface area contributed by atoms with Gasteiger partial charge in [0.05, 0.1) is 12.5 Å². The first kappa shape index (κ1) is 12.6. The van der Waals surface area contributed by atoms with Crippen LogP contribution in [0.5, 0.6) is 11.5 Å². The van der Waals surface area contributed by atoms with Gasteiger partial charge in [0.15, 0.2) is 17.6 Å². The highest BCUT2D eigenvalue weighted by Gasteiger charge is 2.61. The maximum absolute atomic E-state index is 10.5. The molecule has 1 saturated carbocycles. The van der Waals surface area contributed by atoms with Crippen LogP contribution in [0.15, 0.2) is 35.6 Å². The van der Waals surface area contributed by atoms with E-state index in [0.29, 0.717) is 17.6 Å². The molecule has 0 aromatic heterocycles. The van der Waals surface area contributed by atoms with Gasteiger partial charge in [0.2, 0.25) is 0 Å².